The number of aromatic nitrogens is 1. The zero-order valence-electron chi connectivity index (χ0n) is 13.9. The number of methoxy groups -OCH3 is 1. The highest BCUT2D eigenvalue weighted by molar-refractivity contribution is 6.31. The third-order valence-corrected chi connectivity index (χ3v) is 3.54. The summed E-state index contributed by atoms with van der Waals surface area (Å²) in [5, 5.41) is 0.456. The van der Waals surface area contributed by atoms with Crippen molar-refractivity contribution in [3.63, 3.8) is 0 Å². The lowest BCUT2D eigenvalue weighted by Crippen LogP contribution is -2.07. The van der Waals surface area contributed by atoms with Crippen LogP contribution in [0.25, 0.3) is 6.08 Å². The van der Waals surface area contributed by atoms with Crippen molar-refractivity contribution in [3.05, 3.63) is 58.5 Å². The Balaban J connectivity index is 1.92. The third kappa shape index (κ3) is 3.89. The molecule has 1 aliphatic heterocycles. The van der Waals surface area contributed by atoms with E-state index in [0.717, 1.165) is 0 Å². The van der Waals surface area contributed by atoms with Gasteiger partial charge in [-0.3, -0.25) is 9.78 Å². The van der Waals surface area contributed by atoms with Gasteiger partial charge in [-0.25, -0.2) is 9.79 Å². The number of carbonyl (C=O) groups excluding carboxylic acids is 2. The van der Waals surface area contributed by atoms with Crippen LogP contribution in [0.1, 0.15) is 18.2 Å². The van der Waals surface area contributed by atoms with Crippen LogP contribution in [0.4, 0.5) is 0 Å². The normalized spacial score (nSPS) is 14.8. The summed E-state index contributed by atoms with van der Waals surface area (Å²) in [7, 11) is 1.45. The van der Waals surface area contributed by atoms with Crippen LogP contribution in [0.2, 0.25) is 5.02 Å². The number of carbonyl (C=O) groups is 2. The van der Waals surface area contributed by atoms with Crippen molar-refractivity contribution in [2.45, 2.75) is 6.92 Å². The van der Waals surface area contributed by atoms with E-state index in [1.54, 1.807) is 30.3 Å². The van der Waals surface area contributed by atoms with Gasteiger partial charge in [0, 0.05) is 18.1 Å². The van der Waals surface area contributed by atoms with E-state index in [1.165, 1.54) is 26.3 Å². The van der Waals surface area contributed by atoms with E-state index in [0.29, 0.717) is 22.0 Å². The lowest BCUT2D eigenvalue weighted by molar-refractivity contribution is -0.132. The van der Waals surface area contributed by atoms with Crippen LogP contribution in [0.15, 0.2) is 47.2 Å². The van der Waals surface area contributed by atoms with E-state index >= 15 is 0 Å². The number of hydrogen-bond acceptors (Lipinski definition) is 7. The summed E-state index contributed by atoms with van der Waals surface area (Å²) < 4.78 is 15.4. The molecule has 3 rings (SSSR count). The van der Waals surface area contributed by atoms with Crippen LogP contribution in [0.5, 0.6) is 11.5 Å². The molecule has 0 fully saturated rings. The maximum Gasteiger partial charge on any atom is 0.363 e. The summed E-state index contributed by atoms with van der Waals surface area (Å²) >= 11 is 5.91. The highest BCUT2D eigenvalue weighted by Crippen LogP contribution is 2.30. The van der Waals surface area contributed by atoms with E-state index in [2.05, 4.69) is 9.98 Å². The van der Waals surface area contributed by atoms with Gasteiger partial charge in [-0.15, -0.1) is 0 Å². The zero-order chi connectivity index (χ0) is 18.7. The van der Waals surface area contributed by atoms with Crippen molar-refractivity contribution < 1.29 is 23.8 Å². The van der Waals surface area contributed by atoms with E-state index in [9.17, 15) is 9.59 Å². The molecule has 0 saturated carbocycles. The van der Waals surface area contributed by atoms with Gasteiger partial charge in [-0.2, -0.15) is 0 Å². The fourth-order valence-corrected chi connectivity index (χ4v) is 2.37. The second kappa shape index (κ2) is 7.37. The Labute approximate surface area is 153 Å². The zero-order valence-corrected chi connectivity index (χ0v) is 14.6. The second-order valence-corrected chi connectivity index (χ2v) is 5.64. The van der Waals surface area contributed by atoms with Gasteiger partial charge >= 0.3 is 11.9 Å². The largest absolute Gasteiger partial charge is 0.493 e. The molecule has 8 heteroatoms. The number of nitrogens with zero attached hydrogens (tertiary/aromatic N) is 2. The van der Waals surface area contributed by atoms with Crippen LogP contribution in [0.3, 0.4) is 0 Å². The van der Waals surface area contributed by atoms with E-state index in [4.69, 9.17) is 25.8 Å². The smallest absolute Gasteiger partial charge is 0.363 e. The number of rotatable bonds is 4. The molecule has 1 aromatic carbocycles. The van der Waals surface area contributed by atoms with Crippen molar-refractivity contribution in [2.75, 3.05) is 7.11 Å². The third-order valence-electron chi connectivity index (χ3n) is 3.31. The lowest BCUT2D eigenvalue weighted by atomic mass is 10.1. The van der Waals surface area contributed by atoms with Gasteiger partial charge in [-0.05, 0) is 35.9 Å². The maximum absolute atomic E-state index is 12.0. The molecule has 0 spiro atoms. The molecule has 0 N–H and O–H groups in total. The number of halogens is 1. The van der Waals surface area contributed by atoms with E-state index < -0.39 is 11.9 Å². The first-order chi connectivity index (χ1) is 12.5. The number of hydrogen-bond donors (Lipinski definition) is 0. The van der Waals surface area contributed by atoms with Crippen LogP contribution in [-0.2, 0) is 14.3 Å². The topological polar surface area (TPSA) is 87.1 Å². The molecule has 0 atom stereocenters. The van der Waals surface area contributed by atoms with Gasteiger partial charge in [0.15, 0.2) is 17.2 Å². The molecule has 0 saturated heterocycles. The first-order valence-electron chi connectivity index (χ1n) is 7.47. The molecule has 132 valence electrons. The van der Waals surface area contributed by atoms with Crippen LogP contribution >= 0.6 is 11.6 Å². The Hall–Kier alpha value is -3.19. The lowest BCUT2D eigenvalue weighted by Gasteiger charge is -2.08. The first-order valence-corrected chi connectivity index (χ1v) is 7.85. The van der Waals surface area contributed by atoms with Crippen molar-refractivity contribution in [1.82, 2.24) is 4.98 Å². The minimum atomic E-state index is -0.607. The second-order valence-electron chi connectivity index (χ2n) is 5.20. The predicted octanol–water partition coefficient (Wildman–Crippen LogP) is 3.01. The van der Waals surface area contributed by atoms with E-state index in [1.807, 2.05) is 0 Å². The molecular weight excluding hydrogens is 360 g/mol. The summed E-state index contributed by atoms with van der Waals surface area (Å²) in [5.41, 5.74) is 1.08. The number of cyclic esters (lactones) is 1. The van der Waals surface area contributed by atoms with Gasteiger partial charge < -0.3 is 14.2 Å². The van der Waals surface area contributed by atoms with Gasteiger partial charge in [0.05, 0.1) is 7.11 Å². The van der Waals surface area contributed by atoms with Crippen LogP contribution in [0, 0.1) is 0 Å². The van der Waals surface area contributed by atoms with Crippen molar-refractivity contribution in [2.24, 2.45) is 4.99 Å². The van der Waals surface area contributed by atoms with Crippen molar-refractivity contribution >= 4 is 35.5 Å². The summed E-state index contributed by atoms with van der Waals surface area (Å²) in [5.74, 6) is -0.362. The number of pyridine rings is 1. The summed E-state index contributed by atoms with van der Waals surface area (Å²) in [6, 6.07) is 8.00. The monoisotopic (exact) mass is 372 g/mol. The van der Waals surface area contributed by atoms with Gasteiger partial charge in [0.1, 0.15) is 5.69 Å². The molecule has 26 heavy (non-hydrogen) atoms. The standard InChI is InChI=1S/C18H13ClN2O5/c1-10(22)25-15-4-3-11(8-16(15)24-2)7-14-18(23)26-17(21-14)13-9-12(19)5-6-20-13/h3-9H,1-2H3/b14-7-. The molecule has 0 radical (unpaired) electrons. The maximum atomic E-state index is 12.0. The summed E-state index contributed by atoms with van der Waals surface area (Å²) in [6.45, 7) is 1.30. The first kappa shape index (κ1) is 17.6. The SMILES string of the molecule is COc1cc(/C=C2\N=C(c3cc(Cl)ccn3)OC2=O)ccc1OC(C)=O. The van der Waals surface area contributed by atoms with E-state index in [-0.39, 0.29) is 17.3 Å². The van der Waals surface area contributed by atoms with Gasteiger partial charge in [0.2, 0.25) is 5.90 Å². The Morgan fingerprint density at radius 2 is 2.04 bits per heavy atom. The minimum absolute atomic E-state index is 0.0762. The minimum Gasteiger partial charge on any atom is -0.493 e. The molecule has 0 amide bonds. The van der Waals surface area contributed by atoms with Crippen molar-refractivity contribution in [3.8, 4) is 11.5 Å². The quantitative estimate of drug-likeness (QED) is 0.466. The molecule has 7 nitrogen and oxygen atoms in total. The number of benzene rings is 1. The molecule has 2 heterocycles. The fourth-order valence-electron chi connectivity index (χ4n) is 2.21. The molecular formula is C18H13ClN2O5. The molecule has 0 unspecified atom stereocenters. The fraction of sp³-hybridized carbons (Fsp3) is 0.111. The Morgan fingerprint density at radius 3 is 2.73 bits per heavy atom. The molecule has 1 aliphatic rings. The molecule has 0 aliphatic carbocycles. The van der Waals surface area contributed by atoms with Gasteiger partial charge in [0.25, 0.3) is 0 Å². The highest BCUT2D eigenvalue weighted by Gasteiger charge is 2.25. The average Bonchev–Trinajstić information content (AvgIpc) is 2.96. The number of esters is 2. The molecule has 1 aromatic heterocycles. The Bertz CT molecular complexity index is 952. The van der Waals surface area contributed by atoms with Gasteiger partial charge in [-0.1, -0.05) is 17.7 Å². The number of ether oxygens (including phenoxy) is 3. The van der Waals surface area contributed by atoms with Crippen LogP contribution < -0.4 is 9.47 Å². The highest BCUT2D eigenvalue weighted by atomic mass is 35.5. The summed E-state index contributed by atoms with van der Waals surface area (Å²) in [4.78, 5) is 31.4. The van der Waals surface area contributed by atoms with Crippen LogP contribution in [-0.4, -0.2) is 29.9 Å². The summed E-state index contributed by atoms with van der Waals surface area (Å²) in [6.07, 6.45) is 3.02. The Kier molecular flexibility index (Phi) is 4.99. The predicted molar refractivity (Wildman–Crippen MR) is 94.2 cm³/mol. The molecule has 2 aromatic rings. The average molecular weight is 373 g/mol. The Morgan fingerprint density at radius 1 is 1.23 bits per heavy atom. The molecule has 0 bridgehead atoms. The van der Waals surface area contributed by atoms with Crippen molar-refractivity contribution in [1.29, 1.82) is 0 Å². The number of aliphatic imine (C=N–C) groups is 1.